The number of ketones is 1. The molecule has 0 aliphatic carbocycles. The average Bonchev–Trinajstić information content (AvgIpc) is 3.28. The number of aryl methyl sites for hydroxylation is 1. The van der Waals surface area contributed by atoms with Crippen molar-refractivity contribution in [3.63, 3.8) is 0 Å². The molecule has 6 heteroatoms. The minimum atomic E-state index is 0.0842. The van der Waals surface area contributed by atoms with E-state index in [9.17, 15) is 4.79 Å². The van der Waals surface area contributed by atoms with Gasteiger partial charge in [-0.1, -0.05) is 61.0 Å². The highest BCUT2D eigenvalue weighted by atomic mass is 35.5. The van der Waals surface area contributed by atoms with Crippen molar-refractivity contribution in [1.82, 2.24) is 9.88 Å². The van der Waals surface area contributed by atoms with Crippen molar-refractivity contribution < 1.29 is 14.3 Å². The smallest absolute Gasteiger partial charge is 0.169 e. The van der Waals surface area contributed by atoms with E-state index in [1.165, 1.54) is 0 Å². The van der Waals surface area contributed by atoms with Gasteiger partial charge in [-0.2, -0.15) is 0 Å². The number of ether oxygens (including phenoxy) is 2. The maximum atomic E-state index is 13.2. The number of carbonyl (C=O) groups is 1. The lowest BCUT2D eigenvalue weighted by Gasteiger charge is -2.18. The lowest BCUT2D eigenvalue weighted by Crippen LogP contribution is -2.31. The summed E-state index contributed by atoms with van der Waals surface area (Å²) in [6, 6.07) is 23.2. The molecule has 1 heterocycles. The van der Waals surface area contributed by atoms with Crippen LogP contribution in [0.4, 0.5) is 0 Å². The Hall–Kier alpha value is -3.28. The van der Waals surface area contributed by atoms with E-state index < -0.39 is 0 Å². The fourth-order valence-electron chi connectivity index (χ4n) is 4.38. The number of benzene rings is 3. The van der Waals surface area contributed by atoms with Crippen molar-refractivity contribution in [2.24, 2.45) is 0 Å². The third-order valence-electron chi connectivity index (χ3n) is 6.29. The molecule has 1 unspecified atom stereocenters. The maximum Gasteiger partial charge on any atom is 0.169 e. The molecule has 36 heavy (non-hydrogen) atoms. The topological polar surface area (TPSA) is 52.5 Å². The predicted molar refractivity (Wildman–Crippen MR) is 147 cm³/mol. The van der Waals surface area contributed by atoms with Crippen molar-refractivity contribution in [1.29, 1.82) is 0 Å². The number of Topliss-reactive ketones (excluding diaryl/α,β-unsaturated/α-hetero) is 1. The summed E-state index contributed by atoms with van der Waals surface area (Å²) >= 11 is 5.97. The number of para-hydroxylation sites is 1. The van der Waals surface area contributed by atoms with Gasteiger partial charge in [-0.25, -0.2) is 0 Å². The number of methoxy groups -OCH3 is 1. The first-order valence-corrected chi connectivity index (χ1v) is 12.8. The fourth-order valence-corrected chi connectivity index (χ4v) is 4.50. The summed E-state index contributed by atoms with van der Waals surface area (Å²) in [4.78, 5) is 13.2. The third-order valence-corrected chi connectivity index (χ3v) is 6.54. The zero-order chi connectivity index (χ0) is 25.3. The molecule has 1 N–H and O–H groups in total. The van der Waals surface area contributed by atoms with Gasteiger partial charge in [-0.3, -0.25) is 4.79 Å². The van der Waals surface area contributed by atoms with Gasteiger partial charge in [-0.15, -0.1) is 0 Å². The predicted octanol–water partition coefficient (Wildman–Crippen LogP) is 6.57. The van der Waals surface area contributed by atoms with Crippen molar-refractivity contribution in [2.45, 2.75) is 38.8 Å². The first kappa shape index (κ1) is 25.8. The molecular weight excluding hydrogens is 472 g/mol. The number of hydrogen-bond donors (Lipinski definition) is 1. The molecule has 0 saturated heterocycles. The summed E-state index contributed by atoms with van der Waals surface area (Å²) in [5, 5.41) is 5.15. The van der Waals surface area contributed by atoms with Gasteiger partial charge >= 0.3 is 0 Å². The number of fused-ring (bicyclic) bond motifs is 1. The van der Waals surface area contributed by atoms with E-state index in [4.69, 9.17) is 21.1 Å². The summed E-state index contributed by atoms with van der Waals surface area (Å²) in [6.45, 7) is 4.49. The number of carbonyl (C=O) groups excluding carboxylic acids is 1. The van der Waals surface area contributed by atoms with Gasteiger partial charge in [-0.05, 0) is 55.3 Å². The van der Waals surface area contributed by atoms with E-state index in [2.05, 4.69) is 16.8 Å². The molecule has 0 saturated carbocycles. The first-order valence-electron chi connectivity index (χ1n) is 12.4. The summed E-state index contributed by atoms with van der Waals surface area (Å²) in [7, 11) is 1.67. The lowest BCUT2D eigenvalue weighted by molar-refractivity contribution is 0.0994. The molecule has 188 valence electrons. The van der Waals surface area contributed by atoms with Crippen molar-refractivity contribution in [3.8, 4) is 11.5 Å². The number of nitrogens with zero attached hydrogens (tertiary/aromatic N) is 1. The van der Waals surface area contributed by atoms with Gasteiger partial charge in [0.2, 0.25) is 0 Å². The Kier molecular flexibility index (Phi) is 9.04. The summed E-state index contributed by atoms with van der Waals surface area (Å²) in [6.07, 6.45) is 4.26. The second-order valence-corrected chi connectivity index (χ2v) is 9.27. The molecule has 0 radical (unpaired) electrons. The Morgan fingerprint density at radius 1 is 1.03 bits per heavy atom. The van der Waals surface area contributed by atoms with Gasteiger partial charge in [0, 0.05) is 41.7 Å². The van der Waals surface area contributed by atoms with Crippen LogP contribution in [0.25, 0.3) is 10.9 Å². The first-order chi connectivity index (χ1) is 17.6. The molecule has 4 aromatic rings. The number of aromatic nitrogens is 1. The summed E-state index contributed by atoms with van der Waals surface area (Å²) in [5.41, 5.74) is 2.72. The van der Waals surface area contributed by atoms with E-state index >= 15 is 0 Å². The van der Waals surface area contributed by atoms with Crippen LogP contribution in [0.3, 0.4) is 0 Å². The van der Waals surface area contributed by atoms with Gasteiger partial charge < -0.3 is 19.4 Å². The van der Waals surface area contributed by atoms with Crippen LogP contribution in [0.15, 0.2) is 79.0 Å². The maximum absolute atomic E-state index is 13.2. The summed E-state index contributed by atoms with van der Waals surface area (Å²) < 4.78 is 13.9. The molecule has 5 nitrogen and oxygen atoms in total. The van der Waals surface area contributed by atoms with Gasteiger partial charge in [0.1, 0.15) is 17.6 Å². The normalized spacial score (nSPS) is 12.0. The van der Waals surface area contributed by atoms with Crippen LogP contribution in [0, 0.1) is 0 Å². The second-order valence-electron chi connectivity index (χ2n) is 8.84. The molecule has 0 aliphatic heterocycles. The number of hydrogen-bond acceptors (Lipinski definition) is 4. The molecule has 3 aromatic carbocycles. The highest BCUT2D eigenvalue weighted by Gasteiger charge is 2.18. The van der Waals surface area contributed by atoms with E-state index in [1.807, 2.05) is 79.0 Å². The Labute approximate surface area is 218 Å². The minimum Gasteiger partial charge on any atom is -0.495 e. The quantitative estimate of drug-likeness (QED) is 0.165. The van der Waals surface area contributed by atoms with Gasteiger partial charge in [0.05, 0.1) is 12.6 Å². The Morgan fingerprint density at radius 3 is 2.53 bits per heavy atom. The number of rotatable bonds is 13. The third kappa shape index (κ3) is 6.48. The average molecular weight is 505 g/mol. The van der Waals surface area contributed by atoms with Crippen LogP contribution in [0.5, 0.6) is 11.5 Å². The SMILES string of the molecule is CCC(CNCCCn1cc(C(=O)Cc2ccccc2)c2cccc(OC)c21)Oc1ccc(Cl)cc1. The largest absolute Gasteiger partial charge is 0.495 e. The standard InChI is InChI=1S/C30H33ClN2O3/c1-3-24(36-25-15-13-23(31)14-16-25)20-32-17-8-18-33-21-27(26-11-7-12-29(35-2)30(26)33)28(34)19-22-9-5-4-6-10-22/h4-7,9-16,21,24,32H,3,8,17-20H2,1-2H3. The van der Waals surface area contributed by atoms with E-state index in [-0.39, 0.29) is 11.9 Å². The van der Waals surface area contributed by atoms with E-state index in [0.717, 1.165) is 66.0 Å². The van der Waals surface area contributed by atoms with E-state index in [0.29, 0.717) is 11.4 Å². The van der Waals surface area contributed by atoms with Crippen molar-refractivity contribution >= 4 is 28.3 Å². The van der Waals surface area contributed by atoms with Crippen LogP contribution >= 0.6 is 11.6 Å². The summed E-state index contributed by atoms with van der Waals surface area (Å²) in [5.74, 6) is 1.72. The van der Waals surface area contributed by atoms with Crippen molar-refractivity contribution in [2.75, 3.05) is 20.2 Å². The van der Waals surface area contributed by atoms with Gasteiger partial charge in [0.25, 0.3) is 0 Å². The molecule has 0 bridgehead atoms. The molecule has 1 aromatic heterocycles. The van der Waals surface area contributed by atoms with E-state index in [1.54, 1.807) is 7.11 Å². The Morgan fingerprint density at radius 2 is 1.81 bits per heavy atom. The second kappa shape index (κ2) is 12.6. The zero-order valence-corrected chi connectivity index (χ0v) is 21.6. The minimum absolute atomic E-state index is 0.0842. The van der Waals surface area contributed by atoms with Gasteiger partial charge in [0.15, 0.2) is 5.78 Å². The van der Waals surface area contributed by atoms with Crippen LogP contribution < -0.4 is 14.8 Å². The van der Waals surface area contributed by atoms with Crippen LogP contribution in [0.1, 0.15) is 35.7 Å². The van der Waals surface area contributed by atoms with Crippen LogP contribution in [0.2, 0.25) is 5.02 Å². The monoisotopic (exact) mass is 504 g/mol. The van der Waals surface area contributed by atoms with Crippen molar-refractivity contribution in [3.05, 3.63) is 95.1 Å². The molecule has 0 aliphatic rings. The molecule has 1 atom stereocenters. The van der Waals surface area contributed by atoms with Crippen LogP contribution in [-0.4, -0.2) is 36.7 Å². The highest BCUT2D eigenvalue weighted by molar-refractivity contribution is 6.30. The fraction of sp³-hybridized carbons (Fsp3) is 0.300. The molecule has 4 rings (SSSR count). The Bertz CT molecular complexity index is 1270. The number of nitrogens with one attached hydrogen (secondary N) is 1. The Balaban J connectivity index is 1.38. The molecular formula is C30H33ClN2O3. The molecule has 0 fully saturated rings. The van der Waals surface area contributed by atoms with Crippen LogP contribution in [-0.2, 0) is 13.0 Å². The number of halogens is 1. The molecule has 0 amide bonds. The highest BCUT2D eigenvalue weighted by Crippen LogP contribution is 2.31. The lowest BCUT2D eigenvalue weighted by atomic mass is 10.0. The molecule has 0 spiro atoms. The zero-order valence-electron chi connectivity index (χ0n) is 20.9.